The van der Waals surface area contributed by atoms with Gasteiger partial charge in [0.05, 0.1) is 17.1 Å². The van der Waals surface area contributed by atoms with Crippen LogP contribution in [-0.4, -0.2) is 20.7 Å². The van der Waals surface area contributed by atoms with E-state index in [9.17, 15) is 17.2 Å². The molecule has 16 heavy (non-hydrogen) atoms. The normalized spacial score (nSPS) is 19.0. The molecular formula is C9H10F2N2O2S. The molecule has 0 spiro atoms. The SMILES string of the molecule is Nc1cc(N2CCCS2(=O)=O)c(F)cc1F. The van der Waals surface area contributed by atoms with Crippen LogP contribution in [0.15, 0.2) is 12.1 Å². The Bertz CT molecular complexity index is 531. The van der Waals surface area contributed by atoms with Crippen molar-refractivity contribution in [2.75, 3.05) is 22.3 Å². The van der Waals surface area contributed by atoms with Crippen molar-refractivity contribution in [3.63, 3.8) is 0 Å². The first kappa shape index (κ1) is 11.1. The van der Waals surface area contributed by atoms with Crippen molar-refractivity contribution < 1.29 is 17.2 Å². The standard InChI is InChI=1S/C9H10F2N2O2S/c10-6-4-7(11)9(5-8(6)12)13-2-1-3-16(13,14)15/h4-5H,1-3,12H2. The number of nitrogens with zero attached hydrogens (tertiary/aromatic N) is 1. The second kappa shape index (κ2) is 3.58. The van der Waals surface area contributed by atoms with Crippen LogP contribution >= 0.6 is 0 Å². The monoisotopic (exact) mass is 248 g/mol. The summed E-state index contributed by atoms with van der Waals surface area (Å²) in [5, 5.41) is 0. The molecule has 1 heterocycles. The molecule has 2 rings (SSSR count). The van der Waals surface area contributed by atoms with Crippen LogP contribution in [0.1, 0.15) is 6.42 Å². The molecule has 1 saturated heterocycles. The van der Waals surface area contributed by atoms with Crippen molar-refractivity contribution in [3.8, 4) is 0 Å². The van der Waals surface area contributed by atoms with E-state index >= 15 is 0 Å². The Morgan fingerprint density at radius 3 is 2.50 bits per heavy atom. The fraction of sp³-hybridized carbons (Fsp3) is 0.333. The second-order valence-electron chi connectivity index (χ2n) is 3.57. The van der Waals surface area contributed by atoms with Crippen molar-refractivity contribution in [2.45, 2.75) is 6.42 Å². The summed E-state index contributed by atoms with van der Waals surface area (Å²) < 4.78 is 50.3. The molecule has 0 bridgehead atoms. The fourth-order valence-electron chi connectivity index (χ4n) is 1.65. The van der Waals surface area contributed by atoms with E-state index in [1.165, 1.54) is 0 Å². The van der Waals surface area contributed by atoms with Gasteiger partial charge in [-0.25, -0.2) is 17.2 Å². The number of benzene rings is 1. The molecule has 1 fully saturated rings. The van der Waals surface area contributed by atoms with Gasteiger partial charge in [0.15, 0.2) is 5.82 Å². The molecule has 88 valence electrons. The van der Waals surface area contributed by atoms with E-state index in [0.717, 1.165) is 10.4 Å². The molecule has 0 saturated carbocycles. The predicted octanol–water partition coefficient (Wildman–Crippen LogP) is 1.09. The number of nitrogens with two attached hydrogens (primary N) is 1. The van der Waals surface area contributed by atoms with Crippen molar-refractivity contribution in [1.82, 2.24) is 0 Å². The molecule has 2 N–H and O–H groups in total. The zero-order valence-electron chi connectivity index (χ0n) is 8.28. The van der Waals surface area contributed by atoms with Gasteiger partial charge in [0.1, 0.15) is 5.82 Å². The van der Waals surface area contributed by atoms with Gasteiger partial charge in [-0.05, 0) is 12.5 Å². The highest BCUT2D eigenvalue weighted by molar-refractivity contribution is 7.93. The topological polar surface area (TPSA) is 63.4 Å². The molecule has 0 unspecified atom stereocenters. The lowest BCUT2D eigenvalue weighted by Crippen LogP contribution is -2.26. The molecule has 7 heteroatoms. The van der Waals surface area contributed by atoms with Crippen LogP contribution in [0.3, 0.4) is 0 Å². The molecule has 0 amide bonds. The molecule has 0 atom stereocenters. The highest BCUT2D eigenvalue weighted by atomic mass is 32.2. The van der Waals surface area contributed by atoms with Crippen LogP contribution in [0.4, 0.5) is 20.2 Å². The fourth-order valence-corrected chi connectivity index (χ4v) is 3.22. The quantitative estimate of drug-likeness (QED) is 0.756. The predicted molar refractivity (Wildman–Crippen MR) is 56.5 cm³/mol. The van der Waals surface area contributed by atoms with Gasteiger partial charge in [0, 0.05) is 12.6 Å². The zero-order chi connectivity index (χ0) is 11.9. The lowest BCUT2D eigenvalue weighted by molar-refractivity contribution is 0.580. The van der Waals surface area contributed by atoms with Crippen LogP contribution < -0.4 is 10.0 Å². The summed E-state index contributed by atoms with van der Waals surface area (Å²) in [5.74, 6) is -1.83. The Balaban J connectivity index is 2.53. The van der Waals surface area contributed by atoms with Gasteiger partial charge in [-0.15, -0.1) is 0 Å². The van der Waals surface area contributed by atoms with Gasteiger partial charge >= 0.3 is 0 Å². The molecule has 1 aliphatic heterocycles. The van der Waals surface area contributed by atoms with E-state index in [-0.39, 0.29) is 23.7 Å². The number of anilines is 2. The van der Waals surface area contributed by atoms with Gasteiger partial charge < -0.3 is 5.73 Å². The van der Waals surface area contributed by atoms with E-state index in [2.05, 4.69) is 0 Å². The molecule has 0 aliphatic carbocycles. The second-order valence-corrected chi connectivity index (χ2v) is 5.58. The maximum absolute atomic E-state index is 13.4. The Hall–Kier alpha value is -1.37. The van der Waals surface area contributed by atoms with Gasteiger partial charge in [0.2, 0.25) is 10.0 Å². The van der Waals surface area contributed by atoms with E-state index in [1.54, 1.807) is 0 Å². The first-order valence-electron chi connectivity index (χ1n) is 4.67. The summed E-state index contributed by atoms with van der Waals surface area (Å²) in [6, 6.07) is 1.60. The first-order chi connectivity index (χ1) is 7.42. The summed E-state index contributed by atoms with van der Waals surface area (Å²) in [4.78, 5) is 0. The third-order valence-electron chi connectivity index (χ3n) is 2.43. The molecule has 1 aromatic rings. The Kier molecular flexibility index (Phi) is 2.49. The smallest absolute Gasteiger partial charge is 0.235 e. The van der Waals surface area contributed by atoms with Crippen LogP contribution in [0.25, 0.3) is 0 Å². The maximum Gasteiger partial charge on any atom is 0.235 e. The van der Waals surface area contributed by atoms with Crippen molar-refractivity contribution in [3.05, 3.63) is 23.8 Å². The molecule has 0 aromatic heterocycles. The number of sulfonamides is 1. The van der Waals surface area contributed by atoms with Crippen molar-refractivity contribution in [1.29, 1.82) is 0 Å². The highest BCUT2D eigenvalue weighted by Gasteiger charge is 2.30. The summed E-state index contributed by atoms with van der Waals surface area (Å²) in [7, 11) is -3.48. The molecule has 1 aromatic carbocycles. The lowest BCUT2D eigenvalue weighted by atomic mass is 10.2. The number of nitrogen functional groups attached to an aromatic ring is 1. The molecule has 1 aliphatic rings. The third-order valence-corrected chi connectivity index (χ3v) is 4.29. The van der Waals surface area contributed by atoms with E-state index in [0.29, 0.717) is 12.5 Å². The van der Waals surface area contributed by atoms with Crippen LogP contribution in [0, 0.1) is 11.6 Å². The summed E-state index contributed by atoms with van der Waals surface area (Å²) in [5.41, 5.74) is 4.83. The third kappa shape index (κ3) is 1.71. The van der Waals surface area contributed by atoms with Crippen molar-refractivity contribution >= 4 is 21.4 Å². The van der Waals surface area contributed by atoms with E-state index in [4.69, 9.17) is 5.73 Å². The van der Waals surface area contributed by atoms with Crippen molar-refractivity contribution in [2.24, 2.45) is 0 Å². The van der Waals surface area contributed by atoms with Crippen LogP contribution in [-0.2, 0) is 10.0 Å². The van der Waals surface area contributed by atoms with Crippen LogP contribution in [0.2, 0.25) is 0 Å². The van der Waals surface area contributed by atoms with Gasteiger partial charge in [-0.2, -0.15) is 0 Å². The minimum absolute atomic E-state index is 0.0241. The van der Waals surface area contributed by atoms with Gasteiger partial charge in [0.25, 0.3) is 0 Å². The first-order valence-corrected chi connectivity index (χ1v) is 6.27. The molecule has 0 radical (unpaired) electrons. The van der Waals surface area contributed by atoms with E-state index < -0.39 is 21.7 Å². The lowest BCUT2D eigenvalue weighted by Gasteiger charge is -2.18. The molecular weight excluding hydrogens is 238 g/mol. The Labute approximate surface area is 91.7 Å². The molecule has 4 nitrogen and oxygen atoms in total. The Morgan fingerprint density at radius 1 is 1.25 bits per heavy atom. The van der Waals surface area contributed by atoms with Gasteiger partial charge in [-0.1, -0.05) is 0 Å². The minimum atomic E-state index is -3.48. The largest absolute Gasteiger partial charge is 0.396 e. The highest BCUT2D eigenvalue weighted by Crippen LogP contribution is 2.29. The average Bonchev–Trinajstić information content (AvgIpc) is 2.52. The summed E-state index contributed by atoms with van der Waals surface area (Å²) in [6.07, 6.45) is 0.430. The summed E-state index contributed by atoms with van der Waals surface area (Å²) in [6.45, 7) is 0.199. The zero-order valence-corrected chi connectivity index (χ0v) is 9.10. The maximum atomic E-state index is 13.4. The van der Waals surface area contributed by atoms with Gasteiger partial charge in [-0.3, -0.25) is 4.31 Å². The minimum Gasteiger partial charge on any atom is -0.396 e. The number of hydrogen-bond donors (Lipinski definition) is 1. The average molecular weight is 248 g/mol. The number of rotatable bonds is 1. The summed E-state index contributed by atoms with van der Waals surface area (Å²) >= 11 is 0. The van der Waals surface area contributed by atoms with Crippen LogP contribution in [0.5, 0.6) is 0 Å². The number of halogens is 2. The Morgan fingerprint density at radius 2 is 1.94 bits per heavy atom. The number of hydrogen-bond acceptors (Lipinski definition) is 3. The van der Waals surface area contributed by atoms with E-state index in [1.807, 2.05) is 0 Å².